The van der Waals surface area contributed by atoms with E-state index in [1.54, 1.807) is 0 Å². The zero-order valence-electron chi connectivity index (χ0n) is 12.1. The number of nitrogens with one attached hydrogen (secondary N) is 2. The first kappa shape index (κ1) is 16.2. The van der Waals surface area contributed by atoms with Gasteiger partial charge in [-0.3, -0.25) is 4.79 Å². The van der Waals surface area contributed by atoms with Crippen molar-refractivity contribution in [3.8, 4) is 0 Å². The third-order valence-corrected chi connectivity index (χ3v) is 4.17. The van der Waals surface area contributed by atoms with Gasteiger partial charge in [0.05, 0.1) is 17.3 Å². The number of hydrogen-bond donors (Lipinski definition) is 2. The predicted molar refractivity (Wildman–Crippen MR) is 84.1 cm³/mol. The van der Waals surface area contributed by atoms with E-state index in [0.717, 1.165) is 12.8 Å². The molecule has 2 N–H and O–H groups in total. The highest BCUT2D eigenvalue weighted by atomic mass is 35.5. The summed E-state index contributed by atoms with van der Waals surface area (Å²) >= 11 is 5.89. The summed E-state index contributed by atoms with van der Waals surface area (Å²) < 4.78 is 12.9. The fourth-order valence-corrected chi connectivity index (χ4v) is 2.90. The normalized spacial score (nSPS) is 17.0. The molecule has 0 aromatic heterocycles. The van der Waals surface area contributed by atoms with Crippen LogP contribution in [0.4, 0.5) is 10.1 Å². The first-order chi connectivity index (χ1) is 10.1. The molecule has 116 valence electrons. The molecule has 0 saturated heterocycles. The molecular formula is C16H22ClFN2O. The van der Waals surface area contributed by atoms with Crippen molar-refractivity contribution in [3.63, 3.8) is 0 Å². The summed E-state index contributed by atoms with van der Waals surface area (Å²) in [5.74, 6) is -0.559. The van der Waals surface area contributed by atoms with Crippen LogP contribution in [0.1, 0.15) is 44.9 Å². The van der Waals surface area contributed by atoms with E-state index in [0.29, 0.717) is 11.7 Å². The lowest BCUT2D eigenvalue weighted by Gasteiger charge is -2.20. The Morgan fingerprint density at radius 2 is 1.86 bits per heavy atom. The van der Waals surface area contributed by atoms with Crippen molar-refractivity contribution in [2.75, 3.05) is 11.9 Å². The van der Waals surface area contributed by atoms with Crippen molar-refractivity contribution in [2.24, 2.45) is 0 Å². The monoisotopic (exact) mass is 312 g/mol. The maximum absolute atomic E-state index is 12.9. The standard InChI is InChI=1S/C16H22ClFN2O/c17-14-10-12(18)8-9-15(14)20-16(21)11-19-13-6-4-2-1-3-5-7-13/h8-10,13,19H,1-7,11H2,(H,20,21). The lowest BCUT2D eigenvalue weighted by atomic mass is 9.97. The Bertz CT molecular complexity index is 473. The number of benzene rings is 1. The van der Waals surface area contributed by atoms with Gasteiger partial charge in [0.1, 0.15) is 5.82 Å². The summed E-state index contributed by atoms with van der Waals surface area (Å²) in [4.78, 5) is 11.9. The van der Waals surface area contributed by atoms with Crippen LogP contribution in [0.25, 0.3) is 0 Å². The summed E-state index contributed by atoms with van der Waals surface area (Å²) in [6.45, 7) is 0.262. The highest BCUT2D eigenvalue weighted by Crippen LogP contribution is 2.22. The second-order valence-corrected chi connectivity index (χ2v) is 6.00. The van der Waals surface area contributed by atoms with Crippen LogP contribution in [-0.2, 0) is 4.79 Å². The van der Waals surface area contributed by atoms with Gasteiger partial charge in [0.25, 0.3) is 0 Å². The van der Waals surface area contributed by atoms with Gasteiger partial charge < -0.3 is 10.6 Å². The lowest BCUT2D eigenvalue weighted by molar-refractivity contribution is -0.115. The van der Waals surface area contributed by atoms with Crippen molar-refractivity contribution in [2.45, 2.75) is 51.0 Å². The van der Waals surface area contributed by atoms with Crippen molar-refractivity contribution >= 4 is 23.2 Å². The molecule has 0 unspecified atom stereocenters. The highest BCUT2D eigenvalue weighted by molar-refractivity contribution is 6.33. The summed E-state index contributed by atoms with van der Waals surface area (Å²) in [6.07, 6.45) is 8.61. The van der Waals surface area contributed by atoms with Crippen molar-refractivity contribution in [1.82, 2.24) is 5.32 Å². The van der Waals surface area contributed by atoms with Gasteiger partial charge in [0, 0.05) is 6.04 Å². The first-order valence-electron chi connectivity index (χ1n) is 7.63. The minimum Gasteiger partial charge on any atom is -0.324 e. The van der Waals surface area contributed by atoms with Gasteiger partial charge in [-0.15, -0.1) is 0 Å². The number of hydrogen-bond acceptors (Lipinski definition) is 2. The third-order valence-electron chi connectivity index (χ3n) is 3.86. The molecule has 5 heteroatoms. The average molecular weight is 313 g/mol. The van der Waals surface area contributed by atoms with E-state index >= 15 is 0 Å². The molecular weight excluding hydrogens is 291 g/mol. The minimum atomic E-state index is -0.411. The summed E-state index contributed by atoms with van der Waals surface area (Å²) in [7, 11) is 0. The third kappa shape index (κ3) is 5.64. The van der Waals surface area contributed by atoms with Gasteiger partial charge in [-0.1, -0.05) is 43.7 Å². The predicted octanol–water partition coefficient (Wildman–Crippen LogP) is 4.12. The minimum absolute atomic E-state index is 0.148. The Kier molecular flexibility index (Phi) is 6.46. The fraction of sp³-hybridized carbons (Fsp3) is 0.562. The number of halogens is 2. The van der Waals surface area contributed by atoms with Crippen LogP contribution in [0.2, 0.25) is 5.02 Å². The van der Waals surface area contributed by atoms with Crippen LogP contribution >= 0.6 is 11.6 Å². The first-order valence-corrected chi connectivity index (χ1v) is 8.01. The summed E-state index contributed by atoms with van der Waals surface area (Å²) in [6, 6.07) is 4.37. The van der Waals surface area contributed by atoms with E-state index in [9.17, 15) is 9.18 Å². The quantitative estimate of drug-likeness (QED) is 0.878. The fourth-order valence-electron chi connectivity index (χ4n) is 2.68. The van der Waals surface area contributed by atoms with E-state index in [1.807, 2.05) is 0 Å². The molecule has 0 bridgehead atoms. The van der Waals surface area contributed by atoms with E-state index in [1.165, 1.54) is 50.3 Å². The van der Waals surface area contributed by atoms with Crippen molar-refractivity contribution < 1.29 is 9.18 Å². The summed E-state index contributed by atoms with van der Waals surface area (Å²) in [5.41, 5.74) is 0.447. The SMILES string of the molecule is O=C(CNC1CCCCCCC1)Nc1ccc(F)cc1Cl. The molecule has 1 fully saturated rings. The largest absolute Gasteiger partial charge is 0.324 e. The number of carbonyl (C=O) groups excluding carboxylic acids is 1. The smallest absolute Gasteiger partial charge is 0.238 e. The Morgan fingerprint density at radius 1 is 1.19 bits per heavy atom. The zero-order valence-corrected chi connectivity index (χ0v) is 12.9. The molecule has 0 heterocycles. The zero-order chi connectivity index (χ0) is 15.1. The van der Waals surface area contributed by atoms with Crippen LogP contribution in [0, 0.1) is 5.82 Å². The van der Waals surface area contributed by atoms with Gasteiger partial charge in [-0.25, -0.2) is 4.39 Å². The van der Waals surface area contributed by atoms with Crippen molar-refractivity contribution in [1.29, 1.82) is 0 Å². The lowest BCUT2D eigenvalue weighted by Crippen LogP contribution is -2.36. The van der Waals surface area contributed by atoms with Crippen molar-refractivity contribution in [3.05, 3.63) is 29.0 Å². The summed E-state index contributed by atoms with van der Waals surface area (Å²) in [5, 5.41) is 6.23. The van der Waals surface area contributed by atoms with Crippen LogP contribution in [0.15, 0.2) is 18.2 Å². The number of anilines is 1. The van der Waals surface area contributed by atoms with Crippen LogP contribution in [-0.4, -0.2) is 18.5 Å². The molecule has 1 amide bonds. The van der Waals surface area contributed by atoms with Crippen LogP contribution < -0.4 is 10.6 Å². The molecule has 0 aliphatic heterocycles. The molecule has 0 atom stereocenters. The number of carbonyl (C=O) groups is 1. The van der Waals surface area contributed by atoms with Gasteiger partial charge in [-0.2, -0.15) is 0 Å². The molecule has 0 radical (unpaired) electrons. The Morgan fingerprint density at radius 3 is 2.52 bits per heavy atom. The molecule has 1 aromatic rings. The van der Waals surface area contributed by atoms with Gasteiger partial charge >= 0.3 is 0 Å². The molecule has 1 aliphatic rings. The van der Waals surface area contributed by atoms with E-state index in [2.05, 4.69) is 10.6 Å². The van der Waals surface area contributed by atoms with E-state index < -0.39 is 5.82 Å². The molecule has 0 spiro atoms. The Hall–Kier alpha value is -1.13. The second kappa shape index (κ2) is 8.35. The van der Waals surface area contributed by atoms with Gasteiger partial charge in [-0.05, 0) is 31.0 Å². The molecule has 1 aliphatic carbocycles. The van der Waals surface area contributed by atoms with Gasteiger partial charge in [0.15, 0.2) is 0 Å². The Labute approximate surface area is 130 Å². The molecule has 1 aromatic carbocycles. The van der Waals surface area contributed by atoms with E-state index in [4.69, 9.17) is 11.6 Å². The molecule has 2 rings (SSSR count). The maximum Gasteiger partial charge on any atom is 0.238 e. The topological polar surface area (TPSA) is 41.1 Å². The number of amides is 1. The van der Waals surface area contributed by atoms with E-state index in [-0.39, 0.29) is 17.5 Å². The number of rotatable bonds is 4. The average Bonchev–Trinajstić information content (AvgIpc) is 2.41. The molecule has 3 nitrogen and oxygen atoms in total. The molecule has 21 heavy (non-hydrogen) atoms. The Balaban J connectivity index is 1.78. The second-order valence-electron chi connectivity index (χ2n) is 5.60. The van der Waals surface area contributed by atoms with Crippen LogP contribution in [0.5, 0.6) is 0 Å². The van der Waals surface area contributed by atoms with Gasteiger partial charge in [0.2, 0.25) is 5.91 Å². The maximum atomic E-state index is 12.9. The molecule has 1 saturated carbocycles. The highest BCUT2D eigenvalue weighted by Gasteiger charge is 2.13. The van der Waals surface area contributed by atoms with Crippen LogP contribution in [0.3, 0.4) is 0 Å².